The largest absolute Gasteiger partial charge is 0.384 e. The first-order chi connectivity index (χ1) is 11.3. The Morgan fingerprint density at radius 3 is 2.48 bits per heavy atom. The number of nitrogens with zero attached hydrogens (tertiary/aromatic N) is 1. The van der Waals surface area contributed by atoms with Gasteiger partial charge in [-0.25, -0.2) is 0 Å². The van der Waals surface area contributed by atoms with Gasteiger partial charge in [0.25, 0.3) is 0 Å². The van der Waals surface area contributed by atoms with Gasteiger partial charge >= 0.3 is 0 Å². The summed E-state index contributed by atoms with van der Waals surface area (Å²) < 4.78 is 30.0. The predicted octanol–water partition coefficient (Wildman–Crippen LogP) is 4.11. The Kier molecular flexibility index (Phi) is 7.09. The number of amides is 1. The molecule has 0 unspecified atom stereocenters. The van der Waals surface area contributed by atoms with Crippen LogP contribution in [0.3, 0.4) is 0 Å². The average Bonchev–Trinajstić information content (AvgIpc) is 2.94. The van der Waals surface area contributed by atoms with Gasteiger partial charge in [-0.05, 0) is 26.2 Å². The van der Waals surface area contributed by atoms with Gasteiger partial charge in [-0.2, -0.15) is 10.6 Å². The van der Waals surface area contributed by atoms with Gasteiger partial charge < -0.3 is 14.6 Å². The molecular formula is C17H32N2O5S. The standard InChI is InChI=1S/C17H32N2O5S/c1-12(2)8-9-25(21,22)17(5,6)15(20)18-14-10-13(24-19-14)16(3,4)11-23-7/h10,12,21-22H,8-9,11H2,1-7H3,(H,18,19,20). The third-order valence-electron chi connectivity index (χ3n) is 4.27. The molecule has 25 heavy (non-hydrogen) atoms. The molecule has 7 nitrogen and oxygen atoms in total. The third-order valence-corrected chi connectivity index (χ3v) is 6.89. The van der Waals surface area contributed by atoms with Crippen LogP contribution in [-0.4, -0.2) is 44.4 Å². The second kappa shape index (κ2) is 8.07. The molecule has 3 N–H and O–H groups in total. The van der Waals surface area contributed by atoms with Crippen LogP contribution >= 0.6 is 10.6 Å². The van der Waals surface area contributed by atoms with Gasteiger partial charge in [-0.15, -0.1) is 0 Å². The molecule has 0 saturated carbocycles. The lowest BCUT2D eigenvalue weighted by Crippen LogP contribution is -2.43. The van der Waals surface area contributed by atoms with Gasteiger partial charge in [0, 0.05) is 24.3 Å². The number of carbonyl (C=O) groups excluding carboxylic acids is 1. The average molecular weight is 377 g/mol. The second-order valence-corrected chi connectivity index (χ2v) is 10.7. The second-order valence-electron chi connectivity index (χ2n) is 7.91. The highest BCUT2D eigenvalue weighted by molar-refractivity contribution is 8.26. The molecule has 1 heterocycles. The van der Waals surface area contributed by atoms with E-state index >= 15 is 0 Å². The van der Waals surface area contributed by atoms with Crippen LogP contribution in [0, 0.1) is 5.92 Å². The van der Waals surface area contributed by atoms with E-state index in [0.29, 0.717) is 24.7 Å². The maximum Gasteiger partial charge on any atom is 0.250 e. The summed E-state index contributed by atoms with van der Waals surface area (Å²) in [5, 5.41) is 6.48. The molecule has 146 valence electrons. The van der Waals surface area contributed by atoms with Crippen LogP contribution in [-0.2, 0) is 14.9 Å². The Labute approximate surface area is 151 Å². The van der Waals surface area contributed by atoms with E-state index in [1.807, 2.05) is 27.7 Å². The van der Waals surface area contributed by atoms with E-state index < -0.39 is 21.2 Å². The van der Waals surface area contributed by atoms with Crippen molar-refractivity contribution >= 4 is 22.3 Å². The van der Waals surface area contributed by atoms with Crippen molar-refractivity contribution in [1.29, 1.82) is 0 Å². The topological polar surface area (TPSA) is 105 Å². The van der Waals surface area contributed by atoms with E-state index in [0.717, 1.165) is 0 Å². The minimum atomic E-state index is -3.09. The molecule has 0 radical (unpaired) electrons. The maximum atomic E-state index is 12.6. The monoisotopic (exact) mass is 376 g/mol. The molecule has 0 aliphatic carbocycles. The molecule has 0 aromatic carbocycles. The van der Waals surface area contributed by atoms with Gasteiger partial charge in [0.2, 0.25) is 5.91 Å². The van der Waals surface area contributed by atoms with E-state index in [9.17, 15) is 13.9 Å². The number of nitrogens with one attached hydrogen (secondary N) is 1. The van der Waals surface area contributed by atoms with Crippen molar-refractivity contribution in [1.82, 2.24) is 5.16 Å². The smallest absolute Gasteiger partial charge is 0.250 e. The summed E-state index contributed by atoms with van der Waals surface area (Å²) in [4.78, 5) is 12.6. The van der Waals surface area contributed by atoms with Gasteiger partial charge in [0.15, 0.2) is 5.82 Å². The van der Waals surface area contributed by atoms with E-state index in [4.69, 9.17) is 9.26 Å². The van der Waals surface area contributed by atoms with Crippen molar-refractivity contribution in [3.63, 3.8) is 0 Å². The van der Waals surface area contributed by atoms with Gasteiger partial charge in [-0.3, -0.25) is 13.9 Å². The number of hydrogen-bond donors (Lipinski definition) is 3. The summed E-state index contributed by atoms with van der Waals surface area (Å²) in [6.07, 6.45) is 0.637. The van der Waals surface area contributed by atoms with Crippen LogP contribution in [0.5, 0.6) is 0 Å². The highest BCUT2D eigenvalue weighted by Crippen LogP contribution is 2.53. The Morgan fingerprint density at radius 1 is 1.36 bits per heavy atom. The predicted molar refractivity (Wildman–Crippen MR) is 101 cm³/mol. The lowest BCUT2D eigenvalue weighted by molar-refractivity contribution is -0.118. The normalized spacial score (nSPS) is 14.0. The molecule has 0 atom stereocenters. The third kappa shape index (κ3) is 5.44. The number of aromatic nitrogens is 1. The summed E-state index contributed by atoms with van der Waals surface area (Å²) >= 11 is 0. The maximum absolute atomic E-state index is 12.6. The first kappa shape index (κ1) is 22.0. The minimum Gasteiger partial charge on any atom is -0.384 e. The summed E-state index contributed by atoms with van der Waals surface area (Å²) in [6.45, 7) is 11.4. The number of anilines is 1. The number of hydrogen-bond acceptors (Lipinski definition) is 6. The first-order valence-corrected chi connectivity index (χ1v) is 10.1. The highest BCUT2D eigenvalue weighted by atomic mass is 32.3. The van der Waals surface area contributed by atoms with Gasteiger partial charge in [-0.1, -0.05) is 32.9 Å². The van der Waals surface area contributed by atoms with Crippen molar-refractivity contribution in [2.24, 2.45) is 5.92 Å². The van der Waals surface area contributed by atoms with Crippen molar-refractivity contribution < 1.29 is 23.2 Å². The number of carbonyl (C=O) groups is 1. The Morgan fingerprint density at radius 2 is 1.96 bits per heavy atom. The molecule has 0 aliphatic rings. The lowest BCUT2D eigenvalue weighted by atomic mass is 9.91. The molecular weight excluding hydrogens is 344 g/mol. The molecule has 1 aromatic rings. The van der Waals surface area contributed by atoms with E-state index in [1.54, 1.807) is 13.2 Å². The number of rotatable bonds is 9. The zero-order chi connectivity index (χ0) is 19.5. The van der Waals surface area contributed by atoms with E-state index in [2.05, 4.69) is 10.5 Å². The quantitative estimate of drug-likeness (QED) is 0.599. The molecule has 0 bridgehead atoms. The molecule has 8 heteroatoms. The lowest BCUT2D eigenvalue weighted by Gasteiger charge is -2.45. The van der Waals surface area contributed by atoms with Gasteiger partial charge in [0.05, 0.1) is 6.61 Å². The van der Waals surface area contributed by atoms with Crippen molar-refractivity contribution in [2.45, 2.75) is 58.1 Å². The SMILES string of the molecule is COCC(C)(C)c1cc(NC(=O)C(C)(C)S(O)(O)CCC(C)C)no1. The molecule has 0 aliphatic heterocycles. The fourth-order valence-corrected chi connectivity index (χ4v) is 3.81. The molecule has 1 rings (SSSR count). The zero-order valence-electron chi connectivity index (χ0n) is 16.3. The molecule has 0 saturated heterocycles. The summed E-state index contributed by atoms with van der Waals surface area (Å²) in [5.74, 6) is 0.840. The van der Waals surface area contributed by atoms with Crippen LogP contribution < -0.4 is 5.32 Å². The van der Waals surface area contributed by atoms with Crippen molar-refractivity contribution in [3.05, 3.63) is 11.8 Å². The van der Waals surface area contributed by atoms with Crippen LogP contribution in [0.4, 0.5) is 5.82 Å². The Bertz CT molecular complexity index is 581. The van der Waals surface area contributed by atoms with Crippen LogP contribution in [0.15, 0.2) is 10.6 Å². The molecule has 1 amide bonds. The number of ether oxygens (including phenoxy) is 1. The van der Waals surface area contributed by atoms with Crippen LogP contribution in [0.1, 0.15) is 53.7 Å². The fraction of sp³-hybridized carbons (Fsp3) is 0.765. The Hall–Kier alpha value is -1.09. The zero-order valence-corrected chi connectivity index (χ0v) is 17.1. The van der Waals surface area contributed by atoms with Crippen molar-refractivity contribution in [3.8, 4) is 0 Å². The Balaban J connectivity index is 2.86. The number of methoxy groups -OCH3 is 1. The highest BCUT2D eigenvalue weighted by Gasteiger charge is 2.41. The summed E-state index contributed by atoms with van der Waals surface area (Å²) in [6, 6.07) is 1.63. The summed E-state index contributed by atoms with van der Waals surface area (Å²) in [5.41, 5.74) is -0.388. The van der Waals surface area contributed by atoms with Crippen LogP contribution in [0.2, 0.25) is 0 Å². The van der Waals surface area contributed by atoms with Crippen LogP contribution in [0.25, 0.3) is 0 Å². The van der Waals surface area contributed by atoms with Gasteiger partial charge in [0.1, 0.15) is 10.5 Å². The first-order valence-electron chi connectivity index (χ1n) is 8.36. The molecule has 0 spiro atoms. The van der Waals surface area contributed by atoms with E-state index in [1.165, 1.54) is 13.8 Å². The molecule has 1 aromatic heterocycles. The summed E-state index contributed by atoms with van der Waals surface area (Å²) in [7, 11) is -1.49. The van der Waals surface area contributed by atoms with E-state index in [-0.39, 0.29) is 17.0 Å². The van der Waals surface area contributed by atoms with Crippen molar-refractivity contribution in [2.75, 3.05) is 24.8 Å². The molecule has 0 fully saturated rings. The fourth-order valence-electron chi connectivity index (χ4n) is 2.16. The minimum absolute atomic E-state index is 0.190.